The van der Waals surface area contributed by atoms with Gasteiger partial charge in [-0.2, -0.15) is 0 Å². The van der Waals surface area contributed by atoms with Crippen LogP contribution in [0, 0.1) is 6.92 Å². The molecule has 1 aliphatic rings. The molecule has 0 saturated carbocycles. The van der Waals surface area contributed by atoms with Crippen molar-refractivity contribution in [2.75, 3.05) is 31.2 Å². The summed E-state index contributed by atoms with van der Waals surface area (Å²) in [4.78, 5) is 18.2. The number of hydrogen-bond donors (Lipinski definition) is 2. The van der Waals surface area contributed by atoms with Crippen LogP contribution < -0.4 is 10.0 Å². The molecule has 0 aliphatic carbocycles. The lowest BCUT2D eigenvalue weighted by Gasteiger charge is -2.25. The average Bonchev–Trinajstić information content (AvgIpc) is 2.93. The summed E-state index contributed by atoms with van der Waals surface area (Å²) in [6.07, 6.45) is 1.75. The highest BCUT2D eigenvalue weighted by Crippen LogP contribution is 2.18. The number of carbonyl (C=O) groups is 1. The summed E-state index contributed by atoms with van der Waals surface area (Å²) < 4.78 is 25.2. The number of anilines is 1. The van der Waals surface area contributed by atoms with Gasteiger partial charge in [-0.15, -0.1) is 0 Å². The molecule has 0 aromatic carbocycles. The van der Waals surface area contributed by atoms with Gasteiger partial charge in [0.05, 0.1) is 0 Å². The SMILES string of the molecule is CNS(=O)(=O)CC(=O)N1CCCC1CNc1cccc(C)n1. The molecule has 1 unspecified atom stereocenters. The predicted molar refractivity (Wildman–Crippen MR) is 85.0 cm³/mol. The molecule has 1 aromatic rings. The molecule has 1 aliphatic heterocycles. The van der Waals surface area contributed by atoms with Crippen molar-refractivity contribution in [1.29, 1.82) is 0 Å². The predicted octanol–water partition coefficient (Wildman–Crippen LogP) is 0.342. The van der Waals surface area contributed by atoms with E-state index in [2.05, 4.69) is 15.0 Å². The second-order valence-electron chi connectivity index (χ2n) is 5.39. The van der Waals surface area contributed by atoms with Gasteiger partial charge in [0, 0.05) is 24.8 Å². The van der Waals surface area contributed by atoms with Crippen LogP contribution in [0.4, 0.5) is 5.82 Å². The fraction of sp³-hybridized carbons (Fsp3) is 0.571. The number of amides is 1. The Bertz CT molecular complexity index is 633. The van der Waals surface area contributed by atoms with Gasteiger partial charge in [-0.1, -0.05) is 6.07 Å². The van der Waals surface area contributed by atoms with Crippen LogP contribution in [0.3, 0.4) is 0 Å². The van der Waals surface area contributed by atoms with E-state index in [1.165, 1.54) is 7.05 Å². The van der Waals surface area contributed by atoms with Crippen LogP contribution in [0.15, 0.2) is 18.2 Å². The number of rotatable bonds is 6. The molecule has 8 heteroatoms. The zero-order valence-electron chi connectivity index (χ0n) is 12.9. The molecular weight excluding hydrogens is 304 g/mol. The minimum Gasteiger partial charge on any atom is -0.368 e. The number of sulfonamides is 1. The molecule has 1 saturated heterocycles. The minimum atomic E-state index is -3.53. The Kier molecular flexibility index (Phi) is 5.36. The number of nitrogens with zero attached hydrogens (tertiary/aromatic N) is 2. The van der Waals surface area contributed by atoms with E-state index in [0.29, 0.717) is 13.1 Å². The molecule has 7 nitrogen and oxygen atoms in total. The smallest absolute Gasteiger partial charge is 0.239 e. The first-order valence-corrected chi connectivity index (χ1v) is 8.95. The number of aromatic nitrogens is 1. The molecule has 1 aromatic heterocycles. The van der Waals surface area contributed by atoms with Crippen molar-refractivity contribution < 1.29 is 13.2 Å². The van der Waals surface area contributed by atoms with Crippen LogP contribution in [0.25, 0.3) is 0 Å². The molecule has 0 radical (unpaired) electrons. The Hall–Kier alpha value is -1.67. The van der Waals surface area contributed by atoms with E-state index in [-0.39, 0.29) is 11.9 Å². The number of pyridine rings is 1. The minimum absolute atomic E-state index is 0.00173. The summed E-state index contributed by atoms with van der Waals surface area (Å²) >= 11 is 0. The Balaban J connectivity index is 1.94. The normalized spacial score (nSPS) is 18.5. The van der Waals surface area contributed by atoms with Gasteiger partial charge in [0.2, 0.25) is 15.9 Å². The lowest BCUT2D eigenvalue weighted by atomic mass is 10.2. The second kappa shape index (κ2) is 7.06. The molecule has 1 amide bonds. The van der Waals surface area contributed by atoms with Crippen LogP contribution >= 0.6 is 0 Å². The second-order valence-corrected chi connectivity index (χ2v) is 7.32. The van der Waals surface area contributed by atoms with E-state index in [4.69, 9.17) is 0 Å². The highest BCUT2D eigenvalue weighted by molar-refractivity contribution is 7.90. The van der Waals surface area contributed by atoms with Crippen molar-refractivity contribution in [3.8, 4) is 0 Å². The fourth-order valence-electron chi connectivity index (χ4n) is 2.56. The molecule has 2 heterocycles. The maximum atomic E-state index is 12.2. The molecule has 1 fully saturated rings. The lowest BCUT2D eigenvalue weighted by Crippen LogP contribution is -2.43. The van der Waals surface area contributed by atoms with Crippen LogP contribution in [-0.2, 0) is 14.8 Å². The molecule has 1 atom stereocenters. The van der Waals surface area contributed by atoms with Gasteiger partial charge in [-0.25, -0.2) is 18.1 Å². The number of aryl methyl sites for hydroxylation is 1. The van der Waals surface area contributed by atoms with Gasteiger partial charge in [0.15, 0.2) is 0 Å². The van der Waals surface area contributed by atoms with Gasteiger partial charge >= 0.3 is 0 Å². The summed E-state index contributed by atoms with van der Waals surface area (Å²) in [6.45, 7) is 3.09. The van der Waals surface area contributed by atoms with E-state index >= 15 is 0 Å². The van der Waals surface area contributed by atoms with E-state index in [9.17, 15) is 13.2 Å². The van der Waals surface area contributed by atoms with Crippen molar-refractivity contribution in [2.45, 2.75) is 25.8 Å². The first kappa shape index (κ1) is 16.7. The summed E-state index contributed by atoms with van der Waals surface area (Å²) in [5.74, 6) is -0.0825. The molecule has 2 N–H and O–H groups in total. The van der Waals surface area contributed by atoms with Gasteiger partial charge in [-0.3, -0.25) is 4.79 Å². The topological polar surface area (TPSA) is 91.4 Å². The first-order chi connectivity index (χ1) is 10.4. The molecular formula is C14H22N4O3S. The van der Waals surface area contributed by atoms with Crippen LogP contribution in [0.1, 0.15) is 18.5 Å². The Morgan fingerprint density at radius 2 is 2.23 bits per heavy atom. The monoisotopic (exact) mass is 326 g/mol. The van der Waals surface area contributed by atoms with E-state index < -0.39 is 15.8 Å². The van der Waals surface area contributed by atoms with Crippen LogP contribution in [0.2, 0.25) is 0 Å². The molecule has 0 bridgehead atoms. The molecule has 0 spiro atoms. The highest BCUT2D eigenvalue weighted by atomic mass is 32.2. The molecule has 22 heavy (non-hydrogen) atoms. The third-order valence-electron chi connectivity index (χ3n) is 3.73. The maximum absolute atomic E-state index is 12.2. The van der Waals surface area contributed by atoms with Crippen LogP contribution in [0.5, 0.6) is 0 Å². The van der Waals surface area contributed by atoms with E-state index in [1.807, 2.05) is 25.1 Å². The highest BCUT2D eigenvalue weighted by Gasteiger charge is 2.30. The molecule has 2 rings (SSSR count). The number of carbonyl (C=O) groups excluding carboxylic acids is 1. The zero-order chi connectivity index (χ0) is 16.2. The van der Waals surface area contributed by atoms with Gasteiger partial charge in [-0.05, 0) is 38.9 Å². The van der Waals surface area contributed by atoms with Gasteiger partial charge in [0.1, 0.15) is 11.6 Å². The van der Waals surface area contributed by atoms with Crippen LogP contribution in [-0.4, -0.2) is 56.1 Å². The maximum Gasteiger partial charge on any atom is 0.239 e. The van der Waals surface area contributed by atoms with Gasteiger partial charge in [0.25, 0.3) is 0 Å². The summed E-state index contributed by atoms with van der Waals surface area (Å²) in [6, 6.07) is 5.71. The molecule has 122 valence electrons. The van der Waals surface area contributed by atoms with Gasteiger partial charge < -0.3 is 10.2 Å². The van der Waals surface area contributed by atoms with Crippen molar-refractivity contribution in [1.82, 2.24) is 14.6 Å². The summed E-state index contributed by atoms with van der Waals surface area (Å²) in [7, 11) is -2.21. The van der Waals surface area contributed by atoms with Crippen molar-refractivity contribution >= 4 is 21.7 Å². The number of likely N-dealkylation sites (tertiary alicyclic amines) is 1. The van der Waals surface area contributed by atoms with Crippen molar-refractivity contribution in [3.05, 3.63) is 23.9 Å². The quantitative estimate of drug-likeness (QED) is 0.787. The standard InChI is InChI=1S/C14H22N4O3S/c1-11-5-3-7-13(17-11)16-9-12-6-4-8-18(12)14(19)10-22(20,21)15-2/h3,5,7,12,15H,4,6,8-10H2,1-2H3,(H,16,17). The summed E-state index contributed by atoms with van der Waals surface area (Å²) in [5.41, 5.74) is 0.921. The first-order valence-electron chi connectivity index (χ1n) is 7.29. The van der Waals surface area contributed by atoms with E-state index in [0.717, 1.165) is 24.4 Å². The fourth-order valence-corrected chi connectivity index (χ4v) is 3.19. The van der Waals surface area contributed by atoms with E-state index in [1.54, 1.807) is 4.90 Å². The largest absolute Gasteiger partial charge is 0.368 e. The average molecular weight is 326 g/mol. The van der Waals surface area contributed by atoms with Crippen molar-refractivity contribution in [3.63, 3.8) is 0 Å². The summed E-state index contributed by atoms with van der Waals surface area (Å²) in [5, 5.41) is 3.22. The number of nitrogens with one attached hydrogen (secondary N) is 2. The Morgan fingerprint density at radius 3 is 2.91 bits per heavy atom. The Morgan fingerprint density at radius 1 is 1.45 bits per heavy atom. The Labute approximate surface area is 131 Å². The van der Waals surface area contributed by atoms with Crippen molar-refractivity contribution in [2.24, 2.45) is 0 Å². The third kappa shape index (κ3) is 4.41. The lowest BCUT2D eigenvalue weighted by molar-refractivity contribution is -0.129. The zero-order valence-corrected chi connectivity index (χ0v) is 13.7. The number of hydrogen-bond acceptors (Lipinski definition) is 5. The third-order valence-corrected chi connectivity index (χ3v) is 4.98.